The normalized spacial score (nSPS) is 14.6. The van der Waals surface area contributed by atoms with E-state index in [1.807, 2.05) is 25.3 Å². The zero-order valence-corrected chi connectivity index (χ0v) is 16.5. The minimum Gasteiger partial charge on any atom is -0.435 e. The number of nitrogens with zero attached hydrogens (tertiary/aromatic N) is 4. The van der Waals surface area contributed by atoms with Crippen LogP contribution in [-0.4, -0.2) is 16.0 Å². The highest BCUT2D eigenvalue weighted by Gasteiger charge is 2.39. The molecule has 0 saturated carbocycles. The Morgan fingerprint density at radius 1 is 1.04 bits per heavy atom. The van der Waals surface area contributed by atoms with E-state index >= 15 is 0 Å². The summed E-state index contributed by atoms with van der Waals surface area (Å²) in [5.74, 6) is 0.920. The third-order valence-corrected chi connectivity index (χ3v) is 5.33. The van der Waals surface area contributed by atoms with E-state index < -0.39 is 0 Å². The second kappa shape index (κ2) is 5.96. The van der Waals surface area contributed by atoms with Crippen molar-refractivity contribution in [2.45, 2.75) is 33.7 Å². The molecule has 0 unspecified atom stereocenters. The molecule has 0 saturated heterocycles. The van der Waals surface area contributed by atoms with E-state index in [9.17, 15) is 0 Å². The van der Waals surface area contributed by atoms with Gasteiger partial charge in [0.05, 0.1) is 11.4 Å². The fraction of sp³-hybridized carbons (Fsp3) is 0.217. The van der Waals surface area contributed by atoms with Gasteiger partial charge in [0.1, 0.15) is 0 Å². The third-order valence-electron chi connectivity index (χ3n) is 5.33. The smallest absolute Gasteiger partial charge is 0.227 e. The summed E-state index contributed by atoms with van der Waals surface area (Å²) < 4.78 is 6.28. The number of hydrogen-bond donors (Lipinski definition) is 0. The van der Waals surface area contributed by atoms with Gasteiger partial charge in [-0.05, 0) is 64.4 Å². The van der Waals surface area contributed by atoms with Crippen LogP contribution in [0.1, 0.15) is 25.1 Å². The standard InChI is InChI=1S/C23H22N4O/c1-13(2)26-16(5)27(19-7-6-12-24-22(19)26)20-14(3)8-10-17-18-11-9-15(4)25-23(18)28-21(17)20/h6-13H,5H2,1-4H3. The number of benzene rings is 1. The molecule has 1 aliphatic heterocycles. The summed E-state index contributed by atoms with van der Waals surface area (Å²) in [6.07, 6.45) is 2.70. The van der Waals surface area contributed by atoms with Crippen molar-refractivity contribution in [1.29, 1.82) is 0 Å². The molecule has 1 aromatic carbocycles. The van der Waals surface area contributed by atoms with Gasteiger partial charge in [-0.2, -0.15) is 0 Å². The SMILES string of the molecule is [CH2][C]1N(c2c(C)ccc3c2oc2nc(C)ccc23)c2cccnc2N1C(C)C. The summed E-state index contributed by atoms with van der Waals surface area (Å²) >= 11 is 0. The van der Waals surface area contributed by atoms with Gasteiger partial charge in [-0.15, -0.1) is 0 Å². The second-order valence-electron chi connectivity index (χ2n) is 7.58. The van der Waals surface area contributed by atoms with Crippen molar-refractivity contribution < 1.29 is 4.42 Å². The maximum atomic E-state index is 6.28. The van der Waals surface area contributed by atoms with Crippen LogP contribution in [-0.2, 0) is 0 Å². The van der Waals surface area contributed by atoms with E-state index in [0.29, 0.717) is 5.71 Å². The molecule has 1 aliphatic rings. The summed E-state index contributed by atoms with van der Waals surface area (Å²) in [6, 6.07) is 12.6. The predicted molar refractivity (Wildman–Crippen MR) is 114 cm³/mol. The van der Waals surface area contributed by atoms with Gasteiger partial charge < -0.3 is 14.2 Å². The Labute approximate surface area is 164 Å². The van der Waals surface area contributed by atoms with Crippen LogP contribution in [0.15, 0.2) is 47.0 Å². The average molecular weight is 370 g/mol. The first-order valence-corrected chi connectivity index (χ1v) is 9.50. The molecule has 3 aromatic heterocycles. The van der Waals surface area contributed by atoms with Crippen LogP contribution in [0.4, 0.5) is 17.2 Å². The summed E-state index contributed by atoms with van der Waals surface area (Å²) in [7, 11) is 0. The molecule has 0 amide bonds. The number of aromatic nitrogens is 2. The van der Waals surface area contributed by atoms with Crippen molar-refractivity contribution in [3.63, 3.8) is 0 Å². The van der Waals surface area contributed by atoms with Gasteiger partial charge in [0, 0.05) is 28.7 Å². The molecular weight excluding hydrogens is 348 g/mol. The molecule has 0 fully saturated rings. The largest absolute Gasteiger partial charge is 0.435 e. The molecule has 140 valence electrons. The number of aryl methyl sites for hydroxylation is 2. The summed E-state index contributed by atoms with van der Waals surface area (Å²) in [6.45, 7) is 12.8. The molecule has 5 heteroatoms. The molecule has 28 heavy (non-hydrogen) atoms. The number of furan rings is 1. The Balaban J connectivity index is 1.82. The molecule has 0 N–H and O–H groups in total. The Hall–Kier alpha value is -3.08. The van der Waals surface area contributed by atoms with Gasteiger partial charge in [0.25, 0.3) is 0 Å². The van der Waals surface area contributed by atoms with Crippen molar-refractivity contribution in [2.24, 2.45) is 0 Å². The van der Waals surface area contributed by atoms with E-state index in [1.165, 1.54) is 0 Å². The average Bonchev–Trinajstić information content (AvgIpc) is 3.16. The first kappa shape index (κ1) is 17.0. The van der Waals surface area contributed by atoms with Gasteiger partial charge in [-0.1, -0.05) is 12.1 Å². The minimum absolute atomic E-state index is 0.241. The fourth-order valence-electron chi connectivity index (χ4n) is 4.09. The highest BCUT2D eigenvalue weighted by atomic mass is 16.3. The third kappa shape index (κ3) is 2.25. The molecule has 0 atom stereocenters. The zero-order chi connectivity index (χ0) is 19.6. The lowest BCUT2D eigenvalue weighted by Gasteiger charge is -2.31. The van der Waals surface area contributed by atoms with Gasteiger partial charge in [0.2, 0.25) is 5.71 Å². The monoisotopic (exact) mass is 370 g/mol. The van der Waals surface area contributed by atoms with Crippen molar-refractivity contribution in [1.82, 2.24) is 9.97 Å². The predicted octanol–water partition coefficient (Wildman–Crippen LogP) is 5.68. The maximum Gasteiger partial charge on any atom is 0.227 e. The molecule has 0 aliphatic carbocycles. The van der Waals surface area contributed by atoms with Crippen LogP contribution >= 0.6 is 0 Å². The number of rotatable bonds is 2. The van der Waals surface area contributed by atoms with Gasteiger partial charge in [-0.25, -0.2) is 9.97 Å². The second-order valence-corrected chi connectivity index (χ2v) is 7.58. The van der Waals surface area contributed by atoms with Crippen molar-refractivity contribution in [3.05, 3.63) is 66.9 Å². The van der Waals surface area contributed by atoms with Crippen LogP contribution in [0.5, 0.6) is 0 Å². The Kier molecular flexibility index (Phi) is 3.63. The number of hydrogen-bond acceptors (Lipinski definition) is 5. The number of anilines is 3. The Morgan fingerprint density at radius 3 is 2.61 bits per heavy atom. The molecule has 4 aromatic rings. The van der Waals surface area contributed by atoms with Crippen LogP contribution in [0.25, 0.3) is 22.1 Å². The van der Waals surface area contributed by atoms with Crippen molar-refractivity contribution in [2.75, 3.05) is 9.80 Å². The lowest BCUT2D eigenvalue weighted by Crippen LogP contribution is -2.36. The molecule has 4 heterocycles. The van der Waals surface area contributed by atoms with Gasteiger partial charge in [-0.3, -0.25) is 0 Å². The number of pyridine rings is 2. The quantitative estimate of drug-likeness (QED) is 0.454. The van der Waals surface area contributed by atoms with Crippen LogP contribution < -0.4 is 9.80 Å². The van der Waals surface area contributed by atoms with Crippen molar-refractivity contribution >= 4 is 39.3 Å². The minimum atomic E-state index is 0.241. The highest BCUT2D eigenvalue weighted by Crippen LogP contribution is 2.50. The molecule has 5 rings (SSSR count). The first-order chi connectivity index (χ1) is 13.5. The lowest BCUT2D eigenvalue weighted by molar-refractivity contribution is 0.650. The fourth-order valence-corrected chi connectivity index (χ4v) is 4.09. The first-order valence-electron chi connectivity index (χ1n) is 9.50. The summed E-state index contributed by atoms with van der Waals surface area (Å²) in [5.41, 5.74) is 5.56. The Morgan fingerprint density at radius 2 is 1.82 bits per heavy atom. The maximum absolute atomic E-state index is 6.28. The Bertz CT molecular complexity index is 1210. The van der Waals surface area contributed by atoms with Crippen molar-refractivity contribution in [3.8, 4) is 0 Å². The van der Waals surface area contributed by atoms with E-state index in [2.05, 4.69) is 71.7 Å². The summed E-state index contributed by atoms with van der Waals surface area (Å²) in [5, 5.41) is 2.09. The molecular formula is C23H22N4O. The molecule has 0 bridgehead atoms. The van der Waals surface area contributed by atoms with E-state index in [0.717, 1.165) is 51.0 Å². The molecule has 0 spiro atoms. The van der Waals surface area contributed by atoms with Crippen LogP contribution in [0.2, 0.25) is 0 Å². The van der Waals surface area contributed by atoms with E-state index in [-0.39, 0.29) is 6.04 Å². The molecule has 5 nitrogen and oxygen atoms in total. The number of fused-ring (bicyclic) bond motifs is 4. The van der Waals surface area contributed by atoms with E-state index in [4.69, 9.17) is 4.42 Å². The summed E-state index contributed by atoms with van der Waals surface area (Å²) in [4.78, 5) is 13.5. The van der Waals surface area contributed by atoms with E-state index in [1.54, 1.807) is 0 Å². The molecule has 2 radical (unpaired) electrons. The highest BCUT2D eigenvalue weighted by molar-refractivity contribution is 6.10. The zero-order valence-electron chi connectivity index (χ0n) is 16.5. The van der Waals surface area contributed by atoms with Crippen LogP contribution in [0.3, 0.4) is 0 Å². The van der Waals surface area contributed by atoms with Gasteiger partial charge >= 0.3 is 0 Å². The van der Waals surface area contributed by atoms with Gasteiger partial charge in [0.15, 0.2) is 17.6 Å². The van der Waals surface area contributed by atoms with Crippen LogP contribution in [0, 0.1) is 26.9 Å². The topological polar surface area (TPSA) is 45.4 Å². The lowest BCUT2D eigenvalue weighted by atomic mass is 10.1.